The molecule has 1 fully saturated rings. The van der Waals surface area contributed by atoms with Crippen LogP contribution in [0.15, 0.2) is 22.9 Å². The van der Waals surface area contributed by atoms with Crippen LogP contribution in [0.25, 0.3) is 11.5 Å². The standard InChI is InChI=1S/C14H18N4O/c1-10-9-11(6-8-15-10)14-17-13(18-19-14)12-5-3-2-4-7-16-12/h6,8-9,12,16H,2-5,7H2,1H3. The van der Waals surface area contributed by atoms with Crippen LogP contribution >= 0.6 is 0 Å². The van der Waals surface area contributed by atoms with Gasteiger partial charge in [0.25, 0.3) is 5.89 Å². The van der Waals surface area contributed by atoms with Gasteiger partial charge in [-0.1, -0.05) is 18.0 Å². The molecule has 5 nitrogen and oxygen atoms in total. The maximum Gasteiger partial charge on any atom is 0.258 e. The molecule has 0 aromatic carbocycles. The molecule has 1 saturated heterocycles. The first-order chi connectivity index (χ1) is 9.33. The number of aromatic nitrogens is 3. The van der Waals surface area contributed by atoms with E-state index in [-0.39, 0.29) is 6.04 Å². The molecule has 2 aromatic rings. The average molecular weight is 258 g/mol. The fourth-order valence-electron chi connectivity index (χ4n) is 2.42. The molecule has 19 heavy (non-hydrogen) atoms. The Labute approximate surface area is 112 Å². The van der Waals surface area contributed by atoms with Gasteiger partial charge >= 0.3 is 0 Å². The normalized spacial score (nSPS) is 20.2. The molecule has 0 saturated carbocycles. The highest BCUT2D eigenvalue weighted by Gasteiger charge is 2.19. The highest BCUT2D eigenvalue weighted by Crippen LogP contribution is 2.23. The summed E-state index contributed by atoms with van der Waals surface area (Å²) in [6.45, 7) is 2.98. The lowest BCUT2D eigenvalue weighted by atomic mass is 10.1. The molecule has 1 aliphatic heterocycles. The van der Waals surface area contributed by atoms with E-state index in [2.05, 4.69) is 20.4 Å². The van der Waals surface area contributed by atoms with E-state index in [1.807, 2.05) is 19.1 Å². The number of aryl methyl sites for hydroxylation is 1. The van der Waals surface area contributed by atoms with E-state index in [0.29, 0.717) is 5.89 Å². The Morgan fingerprint density at radius 2 is 2.26 bits per heavy atom. The first kappa shape index (κ1) is 12.3. The van der Waals surface area contributed by atoms with Gasteiger partial charge in [-0.25, -0.2) is 0 Å². The number of nitrogens with one attached hydrogen (secondary N) is 1. The summed E-state index contributed by atoms with van der Waals surface area (Å²) in [6, 6.07) is 4.07. The number of nitrogens with zero attached hydrogens (tertiary/aromatic N) is 3. The van der Waals surface area contributed by atoms with Gasteiger partial charge in [-0.2, -0.15) is 4.98 Å². The minimum atomic E-state index is 0.225. The molecule has 0 radical (unpaired) electrons. The molecule has 3 rings (SSSR count). The van der Waals surface area contributed by atoms with Crippen molar-refractivity contribution in [3.8, 4) is 11.5 Å². The largest absolute Gasteiger partial charge is 0.334 e. The molecule has 1 unspecified atom stereocenters. The summed E-state index contributed by atoms with van der Waals surface area (Å²) in [4.78, 5) is 8.69. The molecule has 0 amide bonds. The molecule has 0 spiro atoms. The maximum atomic E-state index is 5.37. The van der Waals surface area contributed by atoms with Crippen molar-refractivity contribution in [1.82, 2.24) is 20.4 Å². The van der Waals surface area contributed by atoms with E-state index >= 15 is 0 Å². The summed E-state index contributed by atoms with van der Waals surface area (Å²) >= 11 is 0. The van der Waals surface area contributed by atoms with Crippen molar-refractivity contribution in [3.63, 3.8) is 0 Å². The van der Waals surface area contributed by atoms with Gasteiger partial charge in [0.05, 0.1) is 6.04 Å². The Morgan fingerprint density at radius 1 is 1.32 bits per heavy atom. The van der Waals surface area contributed by atoms with Crippen LogP contribution < -0.4 is 5.32 Å². The highest BCUT2D eigenvalue weighted by molar-refractivity contribution is 5.52. The monoisotopic (exact) mass is 258 g/mol. The Bertz CT molecular complexity index is 544. The van der Waals surface area contributed by atoms with E-state index in [4.69, 9.17) is 4.52 Å². The van der Waals surface area contributed by atoms with E-state index in [9.17, 15) is 0 Å². The van der Waals surface area contributed by atoms with Gasteiger partial charge in [-0.3, -0.25) is 4.98 Å². The maximum absolute atomic E-state index is 5.37. The van der Waals surface area contributed by atoms with Crippen LogP contribution in [0, 0.1) is 6.92 Å². The minimum Gasteiger partial charge on any atom is -0.334 e. The zero-order valence-electron chi connectivity index (χ0n) is 11.1. The lowest BCUT2D eigenvalue weighted by molar-refractivity contribution is 0.402. The van der Waals surface area contributed by atoms with Crippen LogP contribution in [0.2, 0.25) is 0 Å². The second-order valence-electron chi connectivity index (χ2n) is 5.00. The first-order valence-corrected chi connectivity index (χ1v) is 6.83. The number of hydrogen-bond acceptors (Lipinski definition) is 5. The van der Waals surface area contributed by atoms with Crippen molar-refractivity contribution in [2.75, 3.05) is 6.54 Å². The van der Waals surface area contributed by atoms with Gasteiger partial charge in [-0.05, 0) is 38.4 Å². The fraction of sp³-hybridized carbons (Fsp3) is 0.500. The average Bonchev–Trinajstić information content (AvgIpc) is 2.75. The van der Waals surface area contributed by atoms with E-state index < -0.39 is 0 Å². The molecular weight excluding hydrogens is 240 g/mol. The summed E-state index contributed by atoms with van der Waals surface area (Å²) in [6.07, 6.45) is 6.56. The topological polar surface area (TPSA) is 63.8 Å². The van der Waals surface area contributed by atoms with Crippen molar-refractivity contribution in [3.05, 3.63) is 29.8 Å². The van der Waals surface area contributed by atoms with Crippen LogP contribution in [0.5, 0.6) is 0 Å². The summed E-state index contributed by atoms with van der Waals surface area (Å²) in [5.74, 6) is 1.35. The molecule has 0 aliphatic carbocycles. The van der Waals surface area contributed by atoms with Gasteiger partial charge in [0.2, 0.25) is 0 Å². The summed E-state index contributed by atoms with van der Waals surface area (Å²) in [5.41, 5.74) is 1.88. The molecule has 1 aliphatic rings. The minimum absolute atomic E-state index is 0.225. The van der Waals surface area contributed by atoms with Gasteiger partial charge in [0, 0.05) is 17.5 Å². The summed E-state index contributed by atoms with van der Waals surface area (Å²) < 4.78 is 5.37. The molecule has 1 N–H and O–H groups in total. The smallest absolute Gasteiger partial charge is 0.258 e. The third-order valence-corrected chi connectivity index (χ3v) is 3.46. The van der Waals surface area contributed by atoms with Crippen LogP contribution in [0.4, 0.5) is 0 Å². The van der Waals surface area contributed by atoms with Crippen molar-refractivity contribution in [2.24, 2.45) is 0 Å². The van der Waals surface area contributed by atoms with E-state index in [1.165, 1.54) is 19.3 Å². The van der Waals surface area contributed by atoms with Crippen molar-refractivity contribution < 1.29 is 4.52 Å². The Morgan fingerprint density at radius 3 is 3.16 bits per heavy atom. The van der Waals surface area contributed by atoms with Gasteiger partial charge in [-0.15, -0.1) is 0 Å². The van der Waals surface area contributed by atoms with Gasteiger partial charge in [0.15, 0.2) is 5.82 Å². The Hall–Kier alpha value is -1.75. The molecule has 100 valence electrons. The number of rotatable bonds is 2. The molecule has 2 aromatic heterocycles. The van der Waals surface area contributed by atoms with Crippen LogP contribution in [-0.4, -0.2) is 21.7 Å². The molecule has 5 heteroatoms. The molecular formula is C14H18N4O. The van der Waals surface area contributed by atoms with Gasteiger partial charge < -0.3 is 9.84 Å². The zero-order valence-corrected chi connectivity index (χ0v) is 11.1. The summed E-state index contributed by atoms with van der Waals surface area (Å²) in [7, 11) is 0. The lowest BCUT2D eigenvalue weighted by Crippen LogP contribution is -2.21. The van der Waals surface area contributed by atoms with Crippen LogP contribution in [-0.2, 0) is 0 Å². The van der Waals surface area contributed by atoms with E-state index in [0.717, 1.165) is 30.0 Å². The highest BCUT2D eigenvalue weighted by atomic mass is 16.5. The van der Waals surface area contributed by atoms with Crippen molar-refractivity contribution in [1.29, 1.82) is 0 Å². The van der Waals surface area contributed by atoms with Gasteiger partial charge in [0.1, 0.15) is 0 Å². The second-order valence-corrected chi connectivity index (χ2v) is 5.00. The molecule has 1 atom stereocenters. The van der Waals surface area contributed by atoms with Crippen molar-refractivity contribution in [2.45, 2.75) is 38.6 Å². The summed E-state index contributed by atoms with van der Waals surface area (Å²) in [5, 5.41) is 7.60. The third kappa shape index (κ3) is 2.81. The third-order valence-electron chi connectivity index (χ3n) is 3.46. The Balaban J connectivity index is 1.82. The van der Waals surface area contributed by atoms with Crippen molar-refractivity contribution >= 4 is 0 Å². The quantitative estimate of drug-likeness (QED) is 0.897. The fourth-order valence-corrected chi connectivity index (χ4v) is 2.42. The Kier molecular flexibility index (Phi) is 3.55. The predicted molar refractivity (Wildman–Crippen MR) is 71.5 cm³/mol. The SMILES string of the molecule is Cc1cc(-c2nc(C3CCCCCN3)no2)ccn1. The van der Waals surface area contributed by atoms with Crippen LogP contribution in [0.1, 0.15) is 43.2 Å². The second kappa shape index (κ2) is 5.48. The molecule has 0 bridgehead atoms. The molecule has 3 heterocycles. The number of pyridine rings is 1. The predicted octanol–water partition coefficient (Wildman–Crippen LogP) is 2.64. The lowest BCUT2D eigenvalue weighted by Gasteiger charge is -2.09. The van der Waals surface area contributed by atoms with E-state index in [1.54, 1.807) is 6.20 Å². The zero-order chi connectivity index (χ0) is 13.1. The number of hydrogen-bond donors (Lipinski definition) is 1. The van der Waals surface area contributed by atoms with Crippen LogP contribution in [0.3, 0.4) is 0 Å². The first-order valence-electron chi connectivity index (χ1n) is 6.83.